The van der Waals surface area contributed by atoms with E-state index >= 15 is 0 Å². The first-order chi connectivity index (χ1) is 13.9. The Labute approximate surface area is 170 Å². The van der Waals surface area contributed by atoms with Crippen molar-refractivity contribution in [1.82, 2.24) is 19.9 Å². The zero-order chi connectivity index (χ0) is 20.9. The Hall–Kier alpha value is -2.30. The number of methoxy groups -OCH3 is 1. The van der Waals surface area contributed by atoms with E-state index in [1.54, 1.807) is 24.1 Å². The van der Waals surface area contributed by atoms with E-state index < -0.39 is 9.84 Å². The second-order valence-corrected chi connectivity index (χ2v) is 9.11. The van der Waals surface area contributed by atoms with Crippen LogP contribution in [0.2, 0.25) is 0 Å². The van der Waals surface area contributed by atoms with Gasteiger partial charge in [0.15, 0.2) is 9.84 Å². The van der Waals surface area contributed by atoms with Crippen LogP contribution in [-0.2, 0) is 19.3 Å². The number of nitrogens with one attached hydrogen (secondary N) is 1. The van der Waals surface area contributed by atoms with Crippen molar-refractivity contribution in [3.63, 3.8) is 0 Å². The van der Waals surface area contributed by atoms with Gasteiger partial charge in [0, 0.05) is 37.9 Å². The van der Waals surface area contributed by atoms with E-state index in [2.05, 4.69) is 15.3 Å². The van der Waals surface area contributed by atoms with Crippen LogP contribution in [-0.4, -0.2) is 67.6 Å². The van der Waals surface area contributed by atoms with Gasteiger partial charge in [0.2, 0.25) is 0 Å². The summed E-state index contributed by atoms with van der Waals surface area (Å²) in [6.07, 6.45) is 9.28. The monoisotopic (exact) mass is 422 g/mol. The number of carbonyl (C=O) groups is 1. The van der Waals surface area contributed by atoms with Crippen molar-refractivity contribution in [3.05, 3.63) is 36.5 Å². The first-order valence-corrected chi connectivity index (χ1v) is 11.4. The van der Waals surface area contributed by atoms with Crippen LogP contribution in [0, 0.1) is 0 Å². The molecule has 1 fully saturated rings. The van der Waals surface area contributed by atoms with Crippen molar-refractivity contribution in [1.29, 1.82) is 0 Å². The third kappa shape index (κ3) is 5.84. The zero-order valence-corrected chi connectivity index (χ0v) is 17.4. The van der Waals surface area contributed by atoms with Crippen molar-refractivity contribution in [3.8, 4) is 5.82 Å². The summed E-state index contributed by atoms with van der Waals surface area (Å²) in [5.41, 5.74) is 0.0649. The Morgan fingerprint density at radius 1 is 1.24 bits per heavy atom. The highest BCUT2D eigenvalue weighted by Crippen LogP contribution is 2.22. The standard InChI is InChI=1S/C19H26N4O5S/c1-27-9-10-28-15-5-3-14(4-6-15)21-19(24)17-11-16(29(2,25)26)12-18(22-17)23-8-7-20-13-23/h7-8,11-15H,3-6,9-10H2,1-2H3,(H,21,24). The first-order valence-electron chi connectivity index (χ1n) is 9.48. The van der Waals surface area contributed by atoms with E-state index in [1.807, 2.05) is 0 Å². The van der Waals surface area contributed by atoms with Crippen LogP contribution in [0.1, 0.15) is 36.2 Å². The van der Waals surface area contributed by atoms with Crippen molar-refractivity contribution in [2.75, 3.05) is 26.6 Å². The number of ether oxygens (including phenoxy) is 2. The van der Waals surface area contributed by atoms with E-state index in [4.69, 9.17) is 9.47 Å². The SMILES string of the molecule is COCCOC1CCC(NC(=O)c2cc(S(C)(=O)=O)cc(-n3ccnc3)n2)CC1. The maximum absolute atomic E-state index is 12.8. The lowest BCUT2D eigenvalue weighted by molar-refractivity contribution is -0.00409. The van der Waals surface area contributed by atoms with Crippen LogP contribution in [0.15, 0.2) is 35.7 Å². The summed E-state index contributed by atoms with van der Waals surface area (Å²) in [5.74, 6) is -0.0635. The van der Waals surface area contributed by atoms with Crippen molar-refractivity contribution in [2.45, 2.75) is 42.7 Å². The Balaban J connectivity index is 1.69. The van der Waals surface area contributed by atoms with Gasteiger partial charge in [0.25, 0.3) is 5.91 Å². The predicted molar refractivity (Wildman–Crippen MR) is 106 cm³/mol. The van der Waals surface area contributed by atoms with Gasteiger partial charge in [-0.25, -0.2) is 18.4 Å². The van der Waals surface area contributed by atoms with Crippen LogP contribution in [0.4, 0.5) is 0 Å². The highest BCUT2D eigenvalue weighted by Gasteiger charge is 2.24. The number of carbonyl (C=O) groups excluding carboxylic acids is 1. The molecule has 2 heterocycles. The molecule has 1 amide bonds. The molecule has 10 heteroatoms. The second kappa shape index (κ2) is 9.47. The summed E-state index contributed by atoms with van der Waals surface area (Å²) in [6.45, 7) is 1.13. The van der Waals surface area contributed by atoms with E-state index in [0.717, 1.165) is 31.9 Å². The van der Waals surface area contributed by atoms with Crippen LogP contribution in [0.3, 0.4) is 0 Å². The van der Waals surface area contributed by atoms with Crippen molar-refractivity contribution >= 4 is 15.7 Å². The van der Waals surface area contributed by atoms with Gasteiger partial charge in [-0.3, -0.25) is 9.36 Å². The fourth-order valence-corrected chi connectivity index (χ4v) is 3.93. The van der Waals surface area contributed by atoms with Gasteiger partial charge >= 0.3 is 0 Å². The lowest BCUT2D eigenvalue weighted by atomic mass is 9.93. The number of nitrogens with zero attached hydrogens (tertiary/aromatic N) is 3. The minimum Gasteiger partial charge on any atom is -0.382 e. The smallest absolute Gasteiger partial charge is 0.270 e. The Bertz CT molecular complexity index is 922. The molecule has 1 aliphatic rings. The van der Waals surface area contributed by atoms with E-state index in [9.17, 15) is 13.2 Å². The maximum Gasteiger partial charge on any atom is 0.270 e. The molecule has 0 radical (unpaired) electrons. The molecule has 0 atom stereocenters. The number of imidazole rings is 1. The van der Waals surface area contributed by atoms with Crippen molar-refractivity contribution < 1.29 is 22.7 Å². The zero-order valence-electron chi connectivity index (χ0n) is 16.6. The Kier molecular flexibility index (Phi) is 6.99. The van der Waals surface area contributed by atoms with Crippen molar-refractivity contribution in [2.24, 2.45) is 0 Å². The highest BCUT2D eigenvalue weighted by atomic mass is 32.2. The van der Waals surface area contributed by atoms with Gasteiger partial charge in [-0.1, -0.05) is 0 Å². The molecule has 1 aliphatic carbocycles. The quantitative estimate of drug-likeness (QED) is 0.640. The average molecular weight is 423 g/mol. The predicted octanol–water partition coefficient (Wildman–Crippen LogP) is 1.37. The molecule has 29 heavy (non-hydrogen) atoms. The van der Waals surface area contributed by atoms with E-state index in [1.165, 1.54) is 18.5 Å². The fourth-order valence-electron chi connectivity index (χ4n) is 3.28. The van der Waals surface area contributed by atoms with Gasteiger partial charge in [-0.15, -0.1) is 0 Å². The molecule has 2 aromatic rings. The van der Waals surface area contributed by atoms with Gasteiger partial charge in [0.1, 0.15) is 17.8 Å². The molecule has 0 aromatic carbocycles. The number of pyridine rings is 1. The third-order valence-corrected chi connectivity index (χ3v) is 5.96. The fraction of sp³-hybridized carbons (Fsp3) is 0.526. The minimum absolute atomic E-state index is 0.00478. The Morgan fingerprint density at radius 3 is 2.62 bits per heavy atom. The Morgan fingerprint density at radius 2 is 2.00 bits per heavy atom. The molecule has 3 rings (SSSR count). The number of aromatic nitrogens is 3. The number of sulfone groups is 1. The summed E-state index contributed by atoms with van der Waals surface area (Å²) in [4.78, 5) is 21.1. The number of hydrogen-bond acceptors (Lipinski definition) is 7. The first kappa shape index (κ1) is 21.4. The molecule has 9 nitrogen and oxygen atoms in total. The molecule has 0 bridgehead atoms. The molecular weight excluding hydrogens is 396 g/mol. The van der Waals surface area contributed by atoms with E-state index in [-0.39, 0.29) is 28.6 Å². The summed E-state index contributed by atoms with van der Waals surface area (Å²) in [6, 6.07) is 2.74. The second-order valence-electron chi connectivity index (χ2n) is 7.10. The normalized spacial score (nSPS) is 19.8. The molecule has 1 saturated carbocycles. The average Bonchev–Trinajstić information content (AvgIpc) is 3.23. The number of rotatable bonds is 8. The maximum atomic E-state index is 12.8. The van der Waals surface area contributed by atoms with Crippen LogP contribution in [0.25, 0.3) is 5.82 Å². The topological polar surface area (TPSA) is 112 Å². The lowest BCUT2D eigenvalue weighted by Crippen LogP contribution is -2.39. The molecule has 0 spiro atoms. The van der Waals surface area contributed by atoms with Crippen LogP contribution < -0.4 is 5.32 Å². The third-order valence-electron chi connectivity index (χ3n) is 4.87. The van der Waals surface area contributed by atoms with E-state index in [0.29, 0.717) is 19.0 Å². The minimum atomic E-state index is -3.50. The van der Waals surface area contributed by atoms with Gasteiger partial charge in [-0.05, 0) is 31.7 Å². The largest absolute Gasteiger partial charge is 0.382 e. The lowest BCUT2D eigenvalue weighted by Gasteiger charge is -2.29. The molecule has 2 aromatic heterocycles. The van der Waals surface area contributed by atoms with Gasteiger partial charge in [0.05, 0.1) is 24.2 Å². The molecule has 1 N–H and O–H groups in total. The summed E-state index contributed by atoms with van der Waals surface area (Å²) in [7, 11) is -1.86. The molecule has 0 saturated heterocycles. The molecule has 158 valence electrons. The molecule has 0 aliphatic heterocycles. The number of hydrogen-bond donors (Lipinski definition) is 1. The summed E-state index contributed by atoms with van der Waals surface area (Å²) < 4.78 is 36.4. The summed E-state index contributed by atoms with van der Waals surface area (Å²) in [5, 5.41) is 2.97. The molecule has 0 unspecified atom stereocenters. The summed E-state index contributed by atoms with van der Waals surface area (Å²) >= 11 is 0. The number of amides is 1. The van der Waals surface area contributed by atoms with Gasteiger partial charge < -0.3 is 14.8 Å². The highest BCUT2D eigenvalue weighted by molar-refractivity contribution is 7.90. The van der Waals surface area contributed by atoms with Crippen LogP contribution in [0.5, 0.6) is 0 Å². The molecular formula is C19H26N4O5S. The van der Waals surface area contributed by atoms with Crippen LogP contribution >= 0.6 is 0 Å². The van der Waals surface area contributed by atoms with Gasteiger partial charge in [-0.2, -0.15) is 0 Å².